The van der Waals surface area contributed by atoms with Gasteiger partial charge in [-0.05, 0) is 35.9 Å². The fourth-order valence-corrected chi connectivity index (χ4v) is 2.58. The molecular weight excluding hydrogens is 318 g/mol. The standard InChI is InChI=1S/C16H12ClN3O3/c17-12-6-11(2-3-14(12)21)13-8-20(19-18-13)7-10-1-4-15-16(5-10)23-9-22-15/h1-6,8,21H,7,9H2. The molecule has 0 radical (unpaired) electrons. The average molecular weight is 330 g/mol. The summed E-state index contributed by atoms with van der Waals surface area (Å²) in [5, 5.41) is 18.0. The van der Waals surface area contributed by atoms with Crippen LogP contribution in [-0.2, 0) is 6.54 Å². The molecule has 0 atom stereocenters. The van der Waals surface area contributed by atoms with E-state index in [4.69, 9.17) is 21.1 Å². The van der Waals surface area contributed by atoms with Gasteiger partial charge in [-0.3, -0.25) is 0 Å². The second-order valence-electron chi connectivity index (χ2n) is 5.16. The molecule has 0 saturated heterocycles. The zero-order chi connectivity index (χ0) is 15.8. The van der Waals surface area contributed by atoms with Crippen LogP contribution in [0, 0.1) is 0 Å². The SMILES string of the molecule is Oc1ccc(-c2cn(Cc3ccc4c(c3)OCO4)nn2)cc1Cl. The van der Waals surface area contributed by atoms with Gasteiger partial charge >= 0.3 is 0 Å². The normalized spacial score (nSPS) is 12.6. The predicted octanol–water partition coefficient (Wildman–Crippen LogP) is 3.08. The Balaban J connectivity index is 1.57. The van der Waals surface area contributed by atoms with Crippen LogP contribution in [-0.4, -0.2) is 26.9 Å². The van der Waals surface area contributed by atoms with Gasteiger partial charge in [-0.25, -0.2) is 4.68 Å². The van der Waals surface area contributed by atoms with E-state index in [1.54, 1.807) is 16.8 Å². The minimum atomic E-state index is 0.0446. The van der Waals surface area contributed by atoms with Gasteiger partial charge < -0.3 is 14.6 Å². The van der Waals surface area contributed by atoms with Gasteiger partial charge in [-0.2, -0.15) is 0 Å². The lowest BCUT2D eigenvalue weighted by Gasteiger charge is -2.02. The van der Waals surface area contributed by atoms with E-state index in [0.29, 0.717) is 12.2 Å². The fourth-order valence-electron chi connectivity index (χ4n) is 2.40. The largest absolute Gasteiger partial charge is 0.506 e. The molecular formula is C16H12ClN3O3. The number of hydrogen-bond acceptors (Lipinski definition) is 5. The van der Waals surface area contributed by atoms with Crippen LogP contribution < -0.4 is 9.47 Å². The molecule has 1 aliphatic rings. The highest BCUT2D eigenvalue weighted by Gasteiger charge is 2.14. The number of fused-ring (bicyclic) bond motifs is 1. The van der Waals surface area contributed by atoms with Gasteiger partial charge in [-0.15, -0.1) is 5.10 Å². The van der Waals surface area contributed by atoms with Crippen LogP contribution in [0.15, 0.2) is 42.6 Å². The number of halogens is 1. The lowest BCUT2D eigenvalue weighted by atomic mass is 10.1. The molecule has 0 amide bonds. The molecule has 1 aromatic heterocycles. The maximum atomic E-state index is 9.47. The van der Waals surface area contributed by atoms with E-state index in [1.807, 2.05) is 24.4 Å². The summed E-state index contributed by atoms with van der Waals surface area (Å²) in [5.41, 5.74) is 2.52. The maximum absolute atomic E-state index is 9.47. The number of rotatable bonds is 3. The fraction of sp³-hybridized carbons (Fsp3) is 0.125. The first-order valence-corrected chi connectivity index (χ1v) is 7.34. The van der Waals surface area contributed by atoms with Crippen LogP contribution in [0.5, 0.6) is 17.2 Å². The third-order valence-corrected chi connectivity index (χ3v) is 3.87. The Kier molecular flexibility index (Phi) is 3.31. The lowest BCUT2D eigenvalue weighted by Crippen LogP contribution is -2.00. The highest BCUT2D eigenvalue weighted by Crippen LogP contribution is 2.33. The van der Waals surface area contributed by atoms with Crippen LogP contribution in [0.1, 0.15) is 5.56 Å². The second-order valence-corrected chi connectivity index (χ2v) is 5.56. The van der Waals surface area contributed by atoms with Crippen LogP contribution in [0.3, 0.4) is 0 Å². The monoisotopic (exact) mass is 329 g/mol. The predicted molar refractivity (Wildman–Crippen MR) is 83.8 cm³/mol. The van der Waals surface area contributed by atoms with Gasteiger partial charge in [0.1, 0.15) is 11.4 Å². The van der Waals surface area contributed by atoms with Crippen molar-refractivity contribution >= 4 is 11.6 Å². The number of hydrogen-bond donors (Lipinski definition) is 1. The van der Waals surface area contributed by atoms with E-state index in [2.05, 4.69) is 10.3 Å². The molecule has 23 heavy (non-hydrogen) atoms. The molecule has 0 bridgehead atoms. The molecule has 1 aliphatic heterocycles. The Hall–Kier alpha value is -2.73. The number of aromatic nitrogens is 3. The van der Waals surface area contributed by atoms with E-state index in [-0.39, 0.29) is 17.6 Å². The first kappa shape index (κ1) is 13.9. The molecule has 0 spiro atoms. The highest BCUT2D eigenvalue weighted by molar-refractivity contribution is 6.32. The van der Waals surface area contributed by atoms with E-state index in [9.17, 15) is 5.11 Å². The van der Waals surface area contributed by atoms with Crippen molar-refractivity contribution in [2.45, 2.75) is 6.54 Å². The first-order valence-electron chi connectivity index (χ1n) is 6.96. The molecule has 1 N–H and O–H groups in total. The molecule has 0 fully saturated rings. The van der Waals surface area contributed by atoms with E-state index in [1.165, 1.54) is 6.07 Å². The number of phenols is 1. The molecule has 3 aromatic rings. The Bertz CT molecular complexity index is 879. The van der Waals surface area contributed by atoms with Crippen LogP contribution in [0.25, 0.3) is 11.3 Å². The van der Waals surface area contributed by atoms with E-state index < -0.39 is 0 Å². The second kappa shape index (κ2) is 5.48. The number of phenolic OH excluding ortho intramolecular Hbond substituents is 1. The van der Waals surface area contributed by atoms with Crippen molar-refractivity contribution < 1.29 is 14.6 Å². The molecule has 0 aliphatic carbocycles. The van der Waals surface area contributed by atoms with Gasteiger partial charge in [0.2, 0.25) is 6.79 Å². The van der Waals surface area contributed by atoms with Gasteiger partial charge in [-0.1, -0.05) is 22.9 Å². The van der Waals surface area contributed by atoms with Crippen LogP contribution in [0.2, 0.25) is 5.02 Å². The van der Waals surface area contributed by atoms with Gasteiger partial charge in [0, 0.05) is 5.56 Å². The molecule has 6 nitrogen and oxygen atoms in total. The van der Waals surface area contributed by atoms with Gasteiger partial charge in [0.15, 0.2) is 11.5 Å². The van der Waals surface area contributed by atoms with Crippen molar-refractivity contribution in [2.75, 3.05) is 6.79 Å². The van der Waals surface area contributed by atoms with Crippen molar-refractivity contribution in [2.24, 2.45) is 0 Å². The Morgan fingerprint density at radius 1 is 1.13 bits per heavy atom. The minimum Gasteiger partial charge on any atom is -0.506 e. The molecule has 0 saturated carbocycles. The topological polar surface area (TPSA) is 69.4 Å². The molecule has 116 valence electrons. The van der Waals surface area contributed by atoms with Crippen molar-refractivity contribution in [3.8, 4) is 28.5 Å². The number of aromatic hydroxyl groups is 1. The van der Waals surface area contributed by atoms with Crippen molar-refractivity contribution in [3.63, 3.8) is 0 Å². The highest BCUT2D eigenvalue weighted by atomic mass is 35.5. The first-order chi connectivity index (χ1) is 11.2. The molecule has 4 rings (SSSR count). The van der Waals surface area contributed by atoms with Crippen molar-refractivity contribution in [3.05, 3.63) is 53.2 Å². The van der Waals surface area contributed by atoms with Gasteiger partial charge in [0.25, 0.3) is 0 Å². The summed E-state index contributed by atoms with van der Waals surface area (Å²) in [5.74, 6) is 1.54. The zero-order valence-electron chi connectivity index (χ0n) is 11.9. The van der Waals surface area contributed by atoms with E-state index >= 15 is 0 Å². The summed E-state index contributed by atoms with van der Waals surface area (Å²) in [7, 11) is 0. The van der Waals surface area contributed by atoms with Crippen LogP contribution in [0.4, 0.5) is 0 Å². The summed E-state index contributed by atoms with van der Waals surface area (Å²) >= 11 is 5.92. The number of nitrogens with zero attached hydrogens (tertiary/aromatic N) is 3. The summed E-state index contributed by atoms with van der Waals surface area (Å²) < 4.78 is 12.4. The minimum absolute atomic E-state index is 0.0446. The van der Waals surface area contributed by atoms with Gasteiger partial charge in [0.05, 0.1) is 17.8 Å². The third-order valence-electron chi connectivity index (χ3n) is 3.56. The van der Waals surface area contributed by atoms with E-state index in [0.717, 1.165) is 22.6 Å². The molecule has 7 heteroatoms. The smallest absolute Gasteiger partial charge is 0.231 e. The quantitative estimate of drug-likeness (QED) is 0.799. The molecule has 2 aromatic carbocycles. The third kappa shape index (κ3) is 2.68. The van der Waals surface area contributed by atoms with Crippen molar-refractivity contribution in [1.29, 1.82) is 0 Å². The molecule has 2 heterocycles. The summed E-state index contributed by atoms with van der Waals surface area (Å²) in [6.07, 6.45) is 1.83. The average Bonchev–Trinajstić information content (AvgIpc) is 3.19. The van der Waals surface area contributed by atoms with Crippen LogP contribution >= 0.6 is 11.6 Å². The summed E-state index contributed by atoms with van der Waals surface area (Å²) in [6.45, 7) is 0.823. The Labute approximate surface area is 136 Å². The summed E-state index contributed by atoms with van der Waals surface area (Å²) in [4.78, 5) is 0. The Morgan fingerprint density at radius 2 is 2.00 bits per heavy atom. The lowest BCUT2D eigenvalue weighted by molar-refractivity contribution is 0.174. The summed E-state index contributed by atoms with van der Waals surface area (Å²) in [6, 6.07) is 10.7. The maximum Gasteiger partial charge on any atom is 0.231 e. The Morgan fingerprint density at radius 3 is 2.87 bits per heavy atom. The number of benzene rings is 2. The number of ether oxygens (including phenoxy) is 2. The van der Waals surface area contributed by atoms with Crippen molar-refractivity contribution in [1.82, 2.24) is 15.0 Å². The zero-order valence-corrected chi connectivity index (χ0v) is 12.7. The molecule has 0 unspecified atom stereocenters.